The molecule has 146 heavy (non-hydrogen) atoms. The molecule has 0 aliphatic rings. The van der Waals surface area contributed by atoms with Crippen LogP contribution in [0.5, 0.6) is 0 Å². The topological polar surface area (TPSA) is 199 Å². The number of fused-ring (bicyclic) bond motifs is 7. The van der Waals surface area contributed by atoms with Crippen LogP contribution < -0.4 is 0 Å². The zero-order chi connectivity index (χ0) is 105. The van der Waals surface area contributed by atoms with Crippen LogP contribution in [0.15, 0.2) is 200 Å². The fourth-order valence-electron chi connectivity index (χ4n) is 17.9. The standard InChI is InChI=1S/C36H39N2.C32H25N2.C30H27N2.3C11H24O2.3Ir/c1-5-11-25-17-26(12-6-2)20-31(19-25)35-36(32-21-27(13-7-3)18-28(22-32)14-8-4)38-34-24-30-16-10-9-15-29(30)23-33(34)37-35;1-19-9-20(2)12-27(11-19)31-32(28-13-21(3)10-22(4)14-28)34-30-18-26-16-24-8-6-5-7-23(24)15-25(26)17-29(30)33-31;1-17-7-18(2)10-25(9-17)29-30(26-11-19(3)8-20(4)12-26)32-28-16-24-14-22(6)21(5)13-23(24)15-27(28)31-29;3*1-10(2,3)8(12)7-9(13)11(4,5)6;;;/h9-10,15-21,23-24H,5-8,11-14H2,1-4H3;5-13,15-18H,1-4H3;7-11,13-16H,1-6H3;3*8-9,12-13H,7H2,1-6H3;;;/q3*-1;;;;;;. The Kier molecular flexibility index (Phi) is 43.3. The van der Waals surface area contributed by atoms with Gasteiger partial charge in [-0.15, -0.1) is 105 Å². The predicted octanol–water partition coefficient (Wildman–Crippen LogP) is 32.4. The van der Waals surface area contributed by atoms with Crippen LogP contribution in [0.2, 0.25) is 0 Å². The molecule has 3 aromatic heterocycles. The molecule has 0 saturated heterocycles. The molecule has 13 aromatic carbocycles. The van der Waals surface area contributed by atoms with E-state index < -0.39 is 36.6 Å². The second kappa shape index (κ2) is 51.9. The van der Waals surface area contributed by atoms with Crippen LogP contribution in [-0.2, 0) is 86.0 Å². The third-order valence-corrected chi connectivity index (χ3v) is 27.1. The summed E-state index contributed by atoms with van der Waals surface area (Å²) in [5.74, 6) is 0. The van der Waals surface area contributed by atoms with E-state index in [1.165, 1.54) is 115 Å². The van der Waals surface area contributed by atoms with E-state index in [0.717, 1.165) is 158 Å². The van der Waals surface area contributed by atoms with E-state index in [0.29, 0.717) is 19.3 Å². The van der Waals surface area contributed by atoms with E-state index in [9.17, 15) is 30.6 Å². The Morgan fingerprint density at radius 2 is 0.466 bits per heavy atom. The number of nitrogens with zero attached hydrogens (tertiary/aromatic N) is 6. The summed E-state index contributed by atoms with van der Waals surface area (Å²) in [6, 6.07) is 83.3. The summed E-state index contributed by atoms with van der Waals surface area (Å²) in [6.45, 7) is 65.9. The number of aryl methyl sites for hydroxylation is 14. The molecule has 12 nitrogen and oxygen atoms in total. The number of aromatic nitrogens is 6. The molecule has 6 atom stereocenters. The average Bonchev–Trinajstić information content (AvgIpc) is 0.762. The molecule has 6 N–H and O–H groups in total. The van der Waals surface area contributed by atoms with Crippen LogP contribution in [-0.4, -0.2) is 97.2 Å². The minimum Gasteiger partial charge on any atom is -0.392 e. The zero-order valence-corrected chi connectivity index (χ0v) is 100. The Balaban J connectivity index is 0.000000225. The maximum absolute atomic E-state index is 9.76. The van der Waals surface area contributed by atoms with Crippen molar-refractivity contribution in [3.8, 4) is 67.5 Å². The Bertz CT molecular complexity index is 6510. The average molecular weight is 2490 g/mol. The van der Waals surface area contributed by atoms with Gasteiger partial charge in [-0.05, 0) is 230 Å². The van der Waals surface area contributed by atoms with Crippen molar-refractivity contribution < 1.29 is 91.0 Å². The third-order valence-electron chi connectivity index (χ3n) is 27.1. The number of aliphatic hydroxyl groups is 6. The smallest absolute Gasteiger partial charge is 0.0881 e. The van der Waals surface area contributed by atoms with Gasteiger partial charge in [-0.25, -0.2) is 0 Å². The van der Waals surface area contributed by atoms with E-state index in [2.05, 4.69) is 315 Å². The molecule has 6 unspecified atom stereocenters. The van der Waals surface area contributed by atoms with Crippen LogP contribution in [0, 0.1) is 120 Å². The summed E-state index contributed by atoms with van der Waals surface area (Å²) in [5, 5.41) is 68.2. The first-order chi connectivity index (χ1) is 66.9. The Morgan fingerprint density at radius 3 is 0.733 bits per heavy atom. The van der Waals surface area contributed by atoms with Gasteiger partial charge < -0.3 is 30.6 Å². The van der Waals surface area contributed by atoms with Gasteiger partial charge in [0.05, 0.1) is 86.8 Å². The zero-order valence-electron chi connectivity index (χ0n) is 93.2. The van der Waals surface area contributed by atoms with Crippen molar-refractivity contribution in [2.24, 2.45) is 32.5 Å². The fraction of sp³-hybridized carbons (Fsp3) is 0.420. The van der Waals surface area contributed by atoms with Gasteiger partial charge in [0, 0.05) is 96.7 Å². The molecule has 16 aromatic rings. The maximum atomic E-state index is 9.76. The van der Waals surface area contributed by atoms with Gasteiger partial charge in [-0.2, -0.15) is 0 Å². The monoisotopic (exact) mass is 2500 g/mol. The van der Waals surface area contributed by atoms with E-state index in [4.69, 9.17) is 29.9 Å². The molecule has 3 heterocycles. The molecule has 3 radical (unpaired) electrons. The maximum Gasteiger partial charge on any atom is 0.0881 e. The van der Waals surface area contributed by atoms with Gasteiger partial charge in [0.15, 0.2) is 0 Å². The molecule has 0 fully saturated rings. The summed E-state index contributed by atoms with van der Waals surface area (Å²) >= 11 is 0. The number of benzene rings is 13. The molecule has 0 aliphatic carbocycles. The van der Waals surface area contributed by atoms with Crippen LogP contribution >= 0.6 is 0 Å². The molecular weight excluding hydrogens is 2330 g/mol. The van der Waals surface area contributed by atoms with Crippen LogP contribution in [0.25, 0.3) is 144 Å². The first-order valence-corrected chi connectivity index (χ1v) is 52.0. The summed E-state index contributed by atoms with van der Waals surface area (Å²) in [6.07, 6.45) is 7.42. The van der Waals surface area contributed by atoms with Crippen LogP contribution in [0.3, 0.4) is 0 Å². The minimum absolute atomic E-state index is 0. The van der Waals surface area contributed by atoms with E-state index in [1.807, 2.05) is 125 Å². The Morgan fingerprint density at radius 1 is 0.233 bits per heavy atom. The van der Waals surface area contributed by atoms with Crippen molar-refractivity contribution >= 4 is 76.2 Å². The number of aliphatic hydroxyl groups excluding tert-OH is 6. The van der Waals surface area contributed by atoms with E-state index in [1.54, 1.807) is 0 Å². The quantitative estimate of drug-likeness (QED) is 0.0312. The van der Waals surface area contributed by atoms with E-state index in [-0.39, 0.29) is 92.8 Å². The predicted molar refractivity (Wildman–Crippen MR) is 608 cm³/mol. The largest absolute Gasteiger partial charge is 0.392 e. The first kappa shape index (κ1) is 122. The second-order valence-electron chi connectivity index (χ2n) is 47.2. The SMILES string of the molecule is CC(C)(C)C(O)CC(O)C(C)(C)C.CC(C)(C)C(O)CC(O)C(C)(C)C.CC(C)(C)C(O)CC(O)C(C)(C)C.CCCc1[c-]c(-c2nc3cc4ccccc4cc3nc2-c2cc(CCC)cc(CCC)c2)cc(CCC)c1.Cc1[c-]c(-c2nc3cc4cc(C)c(C)cc4cc3nc2-c2cc(C)cc(C)c2)cc(C)c1.Cc1[c-]c(-c2nc3cc4cc5ccccc5cc4cc3nc2-c2cc(C)cc(C)c2)cc(C)c1.[Ir].[Ir].[Ir]. The molecule has 0 spiro atoms. The van der Waals surface area contributed by atoms with Crippen LogP contribution in [0.1, 0.15) is 275 Å². The van der Waals surface area contributed by atoms with E-state index >= 15 is 0 Å². The number of hydrogen-bond donors (Lipinski definition) is 6. The molecule has 15 heteroatoms. The first-order valence-electron chi connectivity index (χ1n) is 52.0. The van der Waals surface area contributed by atoms with Crippen molar-refractivity contribution in [2.45, 2.75) is 329 Å². The molecule has 16 rings (SSSR count). The molecule has 0 amide bonds. The number of hydrogen-bond acceptors (Lipinski definition) is 12. The Labute approximate surface area is 914 Å². The fourth-order valence-corrected chi connectivity index (χ4v) is 17.9. The van der Waals surface area contributed by atoms with Crippen molar-refractivity contribution in [3.05, 3.63) is 296 Å². The molecular formula is C131H163Ir3N6O6-3. The van der Waals surface area contributed by atoms with Crippen LogP contribution in [0.4, 0.5) is 0 Å². The second-order valence-corrected chi connectivity index (χ2v) is 47.2. The van der Waals surface area contributed by atoms with Gasteiger partial charge in [-0.3, -0.25) is 29.9 Å². The molecule has 0 aliphatic heterocycles. The third kappa shape index (κ3) is 33.3. The number of rotatable bonds is 20. The summed E-state index contributed by atoms with van der Waals surface area (Å²) < 4.78 is 0. The summed E-state index contributed by atoms with van der Waals surface area (Å²) in [5.41, 5.74) is 34.0. The van der Waals surface area contributed by atoms with Crippen molar-refractivity contribution in [3.63, 3.8) is 0 Å². The van der Waals surface area contributed by atoms with Crippen molar-refractivity contribution in [2.75, 3.05) is 0 Å². The minimum atomic E-state index is -0.443. The molecule has 783 valence electrons. The van der Waals surface area contributed by atoms with Gasteiger partial charge in [-0.1, -0.05) is 343 Å². The summed E-state index contributed by atoms with van der Waals surface area (Å²) in [7, 11) is 0. The van der Waals surface area contributed by atoms with Gasteiger partial charge in [0.2, 0.25) is 0 Å². The van der Waals surface area contributed by atoms with Crippen molar-refractivity contribution in [1.29, 1.82) is 0 Å². The summed E-state index contributed by atoms with van der Waals surface area (Å²) in [4.78, 5) is 31.4. The van der Waals surface area contributed by atoms with Gasteiger partial charge >= 0.3 is 0 Å². The van der Waals surface area contributed by atoms with Gasteiger partial charge in [0.1, 0.15) is 0 Å². The normalized spacial score (nSPS) is 13.1. The van der Waals surface area contributed by atoms with Crippen molar-refractivity contribution in [1.82, 2.24) is 29.9 Å². The molecule has 0 saturated carbocycles. The Hall–Kier alpha value is -9.37. The molecule has 0 bridgehead atoms. The van der Waals surface area contributed by atoms with Gasteiger partial charge in [0.25, 0.3) is 0 Å².